The molecule has 0 spiro atoms. The molecule has 0 bridgehead atoms. The van der Waals surface area contributed by atoms with Gasteiger partial charge in [0, 0.05) is 30.6 Å². The number of fused-ring (bicyclic) bond motifs is 1. The lowest BCUT2D eigenvalue weighted by molar-refractivity contribution is 0.0856. The number of para-hydroxylation sites is 2. The van der Waals surface area contributed by atoms with Crippen LogP contribution in [0.2, 0.25) is 0 Å². The third-order valence-corrected chi connectivity index (χ3v) is 5.90. The molecule has 0 amide bonds. The Morgan fingerprint density at radius 2 is 1.69 bits per heavy atom. The largest absolute Gasteiger partial charge is 0.380 e. The van der Waals surface area contributed by atoms with E-state index in [1.165, 1.54) is 24.3 Å². The van der Waals surface area contributed by atoms with Crippen molar-refractivity contribution >= 4 is 22.6 Å². The van der Waals surface area contributed by atoms with Gasteiger partial charge in [0.2, 0.25) is 0 Å². The number of hydrogen-bond acceptors (Lipinski definition) is 5. The molecule has 0 aliphatic heterocycles. The number of carbonyl (C=O) groups is 2. The minimum Gasteiger partial charge on any atom is -0.380 e. The first kappa shape index (κ1) is 22.4. The Hall–Kier alpha value is -4.43. The number of H-pyrrole nitrogens is 1. The predicted octanol–water partition coefficient (Wildman–Crippen LogP) is 4.37. The fraction of sp³-hybridized carbons (Fsp3) is 0.111. The van der Waals surface area contributed by atoms with Crippen molar-refractivity contribution in [3.8, 4) is 0 Å². The van der Waals surface area contributed by atoms with Crippen LogP contribution in [0.25, 0.3) is 11.0 Å². The summed E-state index contributed by atoms with van der Waals surface area (Å²) in [7, 11) is 1.76. The molecular weight excluding hydrogens is 447 g/mol. The van der Waals surface area contributed by atoms with E-state index in [-0.39, 0.29) is 17.0 Å². The van der Waals surface area contributed by atoms with E-state index in [0.29, 0.717) is 22.4 Å². The molecule has 0 saturated carbocycles. The Morgan fingerprint density at radius 3 is 2.37 bits per heavy atom. The number of carbonyl (C=O) groups excluding carboxylic acids is 2. The number of nitrogens with zero attached hydrogens (tertiary/aromatic N) is 3. The molecule has 8 heteroatoms. The number of benzene rings is 3. The van der Waals surface area contributed by atoms with Crippen LogP contribution >= 0.6 is 0 Å². The van der Waals surface area contributed by atoms with Gasteiger partial charge in [-0.1, -0.05) is 42.5 Å². The van der Waals surface area contributed by atoms with Gasteiger partial charge in [-0.2, -0.15) is 0 Å². The summed E-state index contributed by atoms with van der Waals surface area (Å²) >= 11 is 0. The molecule has 174 valence electrons. The molecule has 0 radical (unpaired) electrons. The van der Waals surface area contributed by atoms with Gasteiger partial charge in [0.1, 0.15) is 29.5 Å². The second-order valence-corrected chi connectivity index (χ2v) is 8.24. The quantitative estimate of drug-likeness (QED) is 0.273. The molecule has 35 heavy (non-hydrogen) atoms. The van der Waals surface area contributed by atoms with Crippen LogP contribution in [0.1, 0.15) is 50.0 Å². The molecule has 0 saturated heterocycles. The van der Waals surface area contributed by atoms with Crippen molar-refractivity contribution in [1.82, 2.24) is 19.5 Å². The third kappa shape index (κ3) is 4.27. The van der Waals surface area contributed by atoms with E-state index in [1.807, 2.05) is 6.07 Å². The molecule has 2 unspecified atom stereocenters. The summed E-state index contributed by atoms with van der Waals surface area (Å²) in [6, 6.07) is 18.8. The summed E-state index contributed by atoms with van der Waals surface area (Å²) in [5, 5.41) is 10.8. The summed E-state index contributed by atoms with van der Waals surface area (Å²) in [5.41, 5.74) is 2.00. The van der Waals surface area contributed by atoms with Gasteiger partial charge in [-0.15, -0.1) is 0 Å². The summed E-state index contributed by atoms with van der Waals surface area (Å²) in [6.07, 6.45) is 2.22. The van der Waals surface area contributed by atoms with Crippen molar-refractivity contribution < 1.29 is 19.1 Å². The highest BCUT2D eigenvalue weighted by Gasteiger charge is 2.33. The van der Waals surface area contributed by atoms with E-state index in [1.54, 1.807) is 60.4 Å². The van der Waals surface area contributed by atoms with Crippen molar-refractivity contribution in [2.45, 2.75) is 12.0 Å². The van der Waals surface area contributed by atoms with Crippen LogP contribution in [0.4, 0.5) is 4.39 Å². The number of nitrogens with one attached hydrogen (secondary N) is 1. The van der Waals surface area contributed by atoms with E-state index >= 15 is 0 Å². The number of Topliss-reactive ketones (excluding diaryl/α,β-unsaturated/α-hetero) is 2. The minimum absolute atomic E-state index is 0.0630. The molecule has 0 aliphatic carbocycles. The zero-order valence-corrected chi connectivity index (χ0v) is 18.7. The molecule has 7 nitrogen and oxygen atoms in total. The van der Waals surface area contributed by atoms with Crippen LogP contribution in [0.3, 0.4) is 0 Å². The van der Waals surface area contributed by atoms with Crippen molar-refractivity contribution in [2.24, 2.45) is 7.05 Å². The van der Waals surface area contributed by atoms with Gasteiger partial charge in [-0.25, -0.2) is 14.4 Å². The fourth-order valence-corrected chi connectivity index (χ4v) is 4.10. The SMILES string of the molecule is Cn1ccnc1C(O)c1cccc(C(=O)C(C(=O)c2cccc(F)c2)c2nc3ccccc3[nH]2)c1. The van der Waals surface area contributed by atoms with E-state index in [0.717, 1.165) is 6.07 Å². The normalized spacial score (nSPS) is 13.0. The molecule has 2 heterocycles. The molecule has 2 atom stereocenters. The number of rotatable bonds is 7. The van der Waals surface area contributed by atoms with Crippen LogP contribution in [0.5, 0.6) is 0 Å². The molecule has 0 fully saturated rings. The maximum absolute atomic E-state index is 13.9. The highest BCUT2D eigenvalue weighted by atomic mass is 19.1. The Balaban J connectivity index is 1.58. The number of aliphatic hydroxyl groups is 1. The lowest BCUT2D eigenvalue weighted by Crippen LogP contribution is -2.24. The van der Waals surface area contributed by atoms with Crippen molar-refractivity contribution in [3.05, 3.63) is 119 Å². The van der Waals surface area contributed by atoms with E-state index < -0.39 is 29.4 Å². The van der Waals surface area contributed by atoms with Crippen LogP contribution in [0.15, 0.2) is 85.2 Å². The zero-order chi connectivity index (χ0) is 24.5. The number of aromatic amines is 1. The number of aliphatic hydroxyl groups excluding tert-OH is 1. The lowest BCUT2D eigenvalue weighted by Gasteiger charge is -2.15. The number of imidazole rings is 2. The summed E-state index contributed by atoms with van der Waals surface area (Å²) in [6.45, 7) is 0. The third-order valence-electron chi connectivity index (χ3n) is 5.90. The van der Waals surface area contributed by atoms with Gasteiger partial charge in [0.15, 0.2) is 11.6 Å². The van der Waals surface area contributed by atoms with Gasteiger partial charge >= 0.3 is 0 Å². The first-order valence-electron chi connectivity index (χ1n) is 11.0. The maximum atomic E-state index is 13.9. The predicted molar refractivity (Wildman–Crippen MR) is 128 cm³/mol. The van der Waals surface area contributed by atoms with E-state index in [4.69, 9.17) is 0 Å². The van der Waals surface area contributed by atoms with Gasteiger partial charge in [-0.05, 0) is 35.9 Å². The Kier molecular flexibility index (Phi) is 5.80. The number of aromatic nitrogens is 4. The Labute approximate surface area is 199 Å². The number of aryl methyl sites for hydroxylation is 1. The molecular formula is C27H21FN4O3. The fourth-order valence-electron chi connectivity index (χ4n) is 4.10. The molecule has 2 N–H and O–H groups in total. The summed E-state index contributed by atoms with van der Waals surface area (Å²) in [4.78, 5) is 39.0. The average Bonchev–Trinajstić information content (AvgIpc) is 3.49. The standard InChI is InChI=1S/C27H21FN4O3/c1-32-13-12-29-27(32)25(35)17-7-4-6-16(14-17)23(33)22(24(34)18-8-5-9-19(28)15-18)26-30-20-10-2-3-11-21(20)31-26/h2-15,22,25,35H,1H3,(H,30,31). The molecule has 0 aliphatic rings. The van der Waals surface area contributed by atoms with Crippen LogP contribution < -0.4 is 0 Å². The first-order valence-corrected chi connectivity index (χ1v) is 11.0. The number of halogens is 1. The second-order valence-electron chi connectivity index (χ2n) is 8.24. The Bertz CT molecular complexity index is 1520. The minimum atomic E-state index is -1.33. The highest BCUT2D eigenvalue weighted by Crippen LogP contribution is 2.28. The topological polar surface area (TPSA) is 101 Å². The average molecular weight is 468 g/mol. The zero-order valence-electron chi connectivity index (χ0n) is 18.7. The Morgan fingerprint density at radius 1 is 0.971 bits per heavy atom. The number of hydrogen-bond donors (Lipinski definition) is 2. The second kappa shape index (κ2) is 9.08. The van der Waals surface area contributed by atoms with Crippen molar-refractivity contribution in [3.63, 3.8) is 0 Å². The van der Waals surface area contributed by atoms with Crippen molar-refractivity contribution in [1.29, 1.82) is 0 Å². The van der Waals surface area contributed by atoms with E-state index in [2.05, 4.69) is 15.0 Å². The summed E-state index contributed by atoms with van der Waals surface area (Å²) < 4.78 is 15.6. The smallest absolute Gasteiger partial charge is 0.181 e. The summed E-state index contributed by atoms with van der Waals surface area (Å²) in [5.74, 6) is -2.42. The monoisotopic (exact) mass is 468 g/mol. The molecule has 5 aromatic rings. The molecule has 3 aromatic carbocycles. The highest BCUT2D eigenvalue weighted by molar-refractivity contribution is 6.19. The lowest BCUT2D eigenvalue weighted by atomic mass is 9.88. The van der Waals surface area contributed by atoms with Gasteiger partial charge in [0.05, 0.1) is 11.0 Å². The van der Waals surface area contributed by atoms with Crippen LogP contribution in [-0.4, -0.2) is 36.2 Å². The van der Waals surface area contributed by atoms with Crippen molar-refractivity contribution in [2.75, 3.05) is 0 Å². The number of ketones is 2. The van der Waals surface area contributed by atoms with Gasteiger partial charge in [0.25, 0.3) is 0 Å². The van der Waals surface area contributed by atoms with Crippen LogP contribution in [0, 0.1) is 5.82 Å². The van der Waals surface area contributed by atoms with Gasteiger partial charge < -0.3 is 14.7 Å². The van der Waals surface area contributed by atoms with Gasteiger partial charge in [-0.3, -0.25) is 9.59 Å². The molecule has 2 aromatic heterocycles. The first-order chi connectivity index (χ1) is 16.9. The van der Waals surface area contributed by atoms with E-state index in [9.17, 15) is 19.1 Å². The maximum Gasteiger partial charge on any atom is 0.181 e. The molecule has 5 rings (SSSR count). The van der Waals surface area contributed by atoms with Crippen LogP contribution in [-0.2, 0) is 7.05 Å².